The Morgan fingerprint density at radius 3 is 2.50 bits per heavy atom. The van der Waals surface area contributed by atoms with Crippen LogP contribution in [0.5, 0.6) is 0 Å². The van der Waals surface area contributed by atoms with Crippen molar-refractivity contribution < 1.29 is 18.0 Å². The minimum atomic E-state index is -4.42. The molecule has 0 aliphatic heterocycles. The van der Waals surface area contributed by atoms with Gasteiger partial charge in [0, 0.05) is 24.0 Å². The third-order valence-electron chi connectivity index (χ3n) is 4.66. The Bertz CT molecular complexity index is 598. The molecule has 134 valence electrons. The molecule has 0 atom stereocenters. The van der Waals surface area contributed by atoms with Crippen LogP contribution in [0.4, 0.5) is 13.2 Å². The fourth-order valence-corrected chi connectivity index (χ4v) is 3.66. The minimum absolute atomic E-state index is 0.120. The lowest BCUT2D eigenvalue weighted by molar-refractivity contribution is -0.139. The number of hydrogen-bond acceptors (Lipinski definition) is 1. The van der Waals surface area contributed by atoms with E-state index in [1.807, 2.05) is 13.8 Å². The Balaban J connectivity index is 2.29. The zero-order valence-corrected chi connectivity index (χ0v) is 14.3. The zero-order valence-electron chi connectivity index (χ0n) is 14.3. The van der Waals surface area contributed by atoms with Crippen LogP contribution in [0.3, 0.4) is 0 Å². The molecule has 0 saturated heterocycles. The molecule has 0 unspecified atom stereocenters. The quantitative estimate of drug-likeness (QED) is 0.706. The predicted molar refractivity (Wildman–Crippen MR) is 88.2 cm³/mol. The van der Waals surface area contributed by atoms with E-state index in [0.717, 1.165) is 42.0 Å². The minimum Gasteiger partial charge on any atom is -0.345 e. The molecule has 6 heteroatoms. The Hall–Kier alpha value is -1.72. The molecule has 1 aliphatic rings. The fourth-order valence-electron chi connectivity index (χ4n) is 3.66. The lowest BCUT2D eigenvalue weighted by Gasteiger charge is -2.27. The van der Waals surface area contributed by atoms with Gasteiger partial charge in [0.15, 0.2) is 0 Å². The van der Waals surface area contributed by atoms with Crippen molar-refractivity contribution in [2.24, 2.45) is 0 Å². The number of nitrogens with zero attached hydrogens (tertiary/aromatic N) is 2. The third-order valence-corrected chi connectivity index (χ3v) is 4.66. The van der Waals surface area contributed by atoms with E-state index >= 15 is 0 Å². The summed E-state index contributed by atoms with van der Waals surface area (Å²) in [6, 6.07) is 2.06. The summed E-state index contributed by atoms with van der Waals surface area (Å²) in [5.74, 6) is -0.581. The first kappa shape index (κ1) is 18.6. The molecule has 24 heavy (non-hydrogen) atoms. The topological polar surface area (TPSA) is 25.2 Å². The largest absolute Gasteiger partial charge is 0.406 e. The van der Waals surface area contributed by atoms with Crippen molar-refractivity contribution in [2.75, 3.05) is 13.1 Å². The molecule has 1 saturated carbocycles. The van der Waals surface area contributed by atoms with Gasteiger partial charge in [-0.3, -0.25) is 4.79 Å². The number of aromatic nitrogens is 1. The molecule has 2 rings (SSSR count). The van der Waals surface area contributed by atoms with E-state index in [2.05, 4.69) is 11.1 Å². The fraction of sp³-hybridized carbons (Fsp3) is 0.611. The maximum atomic E-state index is 12.7. The van der Waals surface area contributed by atoms with Gasteiger partial charge >= 0.3 is 6.18 Å². The maximum absolute atomic E-state index is 12.7. The molecule has 1 aliphatic carbocycles. The summed E-state index contributed by atoms with van der Waals surface area (Å²) in [5, 5.41) is 0. The van der Waals surface area contributed by atoms with Crippen LogP contribution in [0, 0.1) is 13.8 Å². The summed E-state index contributed by atoms with van der Waals surface area (Å²) >= 11 is 0. The highest BCUT2D eigenvalue weighted by molar-refractivity contribution is 5.96. The van der Waals surface area contributed by atoms with Crippen molar-refractivity contribution in [3.05, 3.63) is 35.7 Å². The van der Waals surface area contributed by atoms with E-state index < -0.39 is 18.6 Å². The van der Waals surface area contributed by atoms with Gasteiger partial charge in [-0.1, -0.05) is 25.3 Å². The summed E-state index contributed by atoms with van der Waals surface area (Å²) in [5.41, 5.74) is 2.07. The van der Waals surface area contributed by atoms with E-state index in [9.17, 15) is 18.0 Å². The Morgan fingerprint density at radius 1 is 1.33 bits per heavy atom. The molecule has 0 spiro atoms. The van der Waals surface area contributed by atoms with Crippen molar-refractivity contribution in [3.63, 3.8) is 0 Å². The Kier molecular flexibility index (Phi) is 5.78. The molecule has 0 N–H and O–H groups in total. The van der Waals surface area contributed by atoms with Gasteiger partial charge in [0.2, 0.25) is 0 Å². The van der Waals surface area contributed by atoms with Crippen LogP contribution in [0.1, 0.15) is 59.9 Å². The number of alkyl halides is 3. The van der Waals surface area contributed by atoms with Crippen molar-refractivity contribution in [2.45, 2.75) is 58.2 Å². The van der Waals surface area contributed by atoms with E-state index in [-0.39, 0.29) is 6.54 Å². The van der Waals surface area contributed by atoms with Crippen molar-refractivity contribution >= 4 is 5.91 Å². The van der Waals surface area contributed by atoms with Gasteiger partial charge in [0.1, 0.15) is 6.54 Å². The van der Waals surface area contributed by atoms with Crippen molar-refractivity contribution in [3.8, 4) is 0 Å². The summed E-state index contributed by atoms with van der Waals surface area (Å²) < 4.78 is 40.4. The lowest BCUT2D eigenvalue weighted by atomic mass is 9.95. The number of halogens is 3. The van der Waals surface area contributed by atoms with Crippen molar-refractivity contribution in [1.29, 1.82) is 0 Å². The normalized spacial score (nSPS) is 16.2. The average molecular weight is 342 g/mol. The van der Waals surface area contributed by atoms with E-state index in [1.54, 1.807) is 6.07 Å². The molecular weight excluding hydrogens is 317 g/mol. The lowest BCUT2D eigenvalue weighted by Crippen LogP contribution is -2.39. The summed E-state index contributed by atoms with van der Waals surface area (Å²) in [7, 11) is 0. The van der Waals surface area contributed by atoms with Crippen LogP contribution in [-0.4, -0.2) is 34.6 Å². The van der Waals surface area contributed by atoms with Gasteiger partial charge in [-0.2, -0.15) is 13.2 Å². The maximum Gasteiger partial charge on any atom is 0.406 e. The molecule has 1 heterocycles. The zero-order chi connectivity index (χ0) is 17.9. The van der Waals surface area contributed by atoms with E-state index in [4.69, 9.17) is 0 Å². The summed E-state index contributed by atoms with van der Waals surface area (Å²) in [6.07, 6.45) is 2.55. The van der Waals surface area contributed by atoms with Gasteiger partial charge < -0.3 is 9.47 Å². The van der Waals surface area contributed by atoms with Crippen LogP contribution in [0.15, 0.2) is 18.7 Å². The number of hydrogen-bond donors (Lipinski definition) is 0. The number of carbonyl (C=O) groups is 1. The average Bonchev–Trinajstić information content (AvgIpc) is 2.80. The van der Waals surface area contributed by atoms with E-state index in [0.29, 0.717) is 11.6 Å². The number of carbonyl (C=O) groups excluding carboxylic acids is 1. The number of amides is 1. The molecule has 1 fully saturated rings. The van der Waals surface area contributed by atoms with Crippen LogP contribution in [0.2, 0.25) is 0 Å². The molecule has 0 bridgehead atoms. The molecule has 3 nitrogen and oxygen atoms in total. The van der Waals surface area contributed by atoms with Gasteiger partial charge in [0.05, 0.1) is 5.56 Å². The smallest absolute Gasteiger partial charge is 0.345 e. The first-order valence-corrected chi connectivity index (χ1v) is 8.40. The third kappa shape index (κ3) is 4.22. The summed E-state index contributed by atoms with van der Waals surface area (Å²) in [4.78, 5) is 13.5. The summed E-state index contributed by atoms with van der Waals surface area (Å²) in [6.45, 7) is 5.82. The second-order valence-corrected chi connectivity index (χ2v) is 6.54. The standard InChI is InChI=1S/C18H25F3N2O/c1-4-10-22(12-18(19,20)21)17(24)16-11-13(2)23(14(16)3)15-8-6-5-7-9-15/h4,11,15H,1,5-10,12H2,2-3H3. The highest BCUT2D eigenvalue weighted by Crippen LogP contribution is 2.32. The first-order valence-electron chi connectivity index (χ1n) is 8.40. The van der Waals surface area contributed by atoms with Gasteiger partial charge in [-0.05, 0) is 32.8 Å². The Labute approximate surface area is 141 Å². The van der Waals surface area contributed by atoms with Crippen LogP contribution >= 0.6 is 0 Å². The monoisotopic (exact) mass is 342 g/mol. The van der Waals surface area contributed by atoms with E-state index in [1.165, 1.54) is 12.5 Å². The second kappa shape index (κ2) is 7.45. The molecule has 1 amide bonds. The SMILES string of the molecule is C=CCN(CC(F)(F)F)C(=O)c1cc(C)n(C2CCCCC2)c1C. The van der Waals surface area contributed by atoms with Gasteiger partial charge in [-0.25, -0.2) is 0 Å². The Morgan fingerprint density at radius 2 is 1.96 bits per heavy atom. The molecular formula is C18H25F3N2O. The van der Waals surface area contributed by atoms with Crippen molar-refractivity contribution in [1.82, 2.24) is 9.47 Å². The molecule has 0 aromatic carbocycles. The number of rotatable bonds is 5. The van der Waals surface area contributed by atoms with Gasteiger partial charge in [-0.15, -0.1) is 6.58 Å². The van der Waals surface area contributed by atoms with Crippen LogP contribution < -0.4 is 0 Å². The highest BCUT2D eigenvalue weighted by Gasteiger charge is 2.34. The predicted octanol–water partition coefficient (Wildman–Crippen LogP) is 4.80. The van der Waals surface area contributed by atoms with Crippen LogP contribution in [0.25, 0.3) is 0 Å². The number of aryl methyl sites for hydroxylation is 1. The molecule has 1 aromatic rings. The highest BCUT2D eigenvalue weighted by atomic mass is 19.4. The molecule has 0 radical (unpaired) electrons. The van der Waals surface area contributed by atoms with Gasteiger partial charge in [0.25, 0.3) is 5.91 Å². The molecule has 1 aromatic heterocycles. The first-order chi connectivity index (χ1) is 11.2. The second-order valence-electron chi connectivity index (χ2n) is 6.54. The van der Waals surface area contributed by atoms with Crippen LogP contribution in [-0.2, 0) is 0 Å².